The standard InChI is InChI=1S/C14H29N/c1-5-13(4)6-9-15-10-7-14(8-11-15)12(2)3/h12-14H,5-11H2,1-4H3. The maximum absolute atomic E-state index is 2.67. The van der Waals surface area contributed by atoms with E-state index in [4.69, 9.17) is 0 Å². The smallest absolute Gasteiger partial charge is 0.00160 e. The Balaban J connectivity index is 2.14. The van der Waals surface area contributed by atoms with Gasteiger partial charge in [0, 0.05) is 0 Å². The van der Waals surface area contributed by atoms with Gasteiger partial charge in [0.15, 0.2) is 0 Å². The van der Waals surface area contributed by atoms with Crippen LogP contribution in [-0.4, -0.2) is 24.5 Å². The Morgan fingerprint density at radius 2 is 1.73 bits per heavy atom. The molecular formula is C14H29N. The highest BCUT2D eigenvalue weighted by Crippen LogP contribution is 2.24. The van der Waals surface area contributed by atoms with Crippen LogP contribution in [0.25, 0.3) is 0 Å². The first-order valence-electron chi connectivity index (χ1n) is 6.85. The molecule has 90 valence electrons. The Morgan fingerprint density at radius 3 is 2.20 bits per heavy atom. The minimum atomic E-state index is 0.890. The highest BCUT2D eigenvalue weighted by molar-refractivity contribution is 4.74. The summed E-state index contributed by atoms with van der Waals surface area (Å²) in [7, 11) is 0. The number of piperidine rings is 1. The van der Waals surface area contributed by atoms with E-state index in [9.17, 15) is 0 Å². The summed E-state index contributed by atoms with van der Waals surface area (Å²) >= 11 is 0. The highest BCUT2D eigenvalue weighted by Gasteiger charge is 2.21. The summed E-state index contributed by atoms with van der Waals surface area (Å²) in [5.74, 6) is 2.79. The van der Waals surface area contributed by atoms with E-state index >= 15 is 0 Å². The van der Waals surface area contributed by atoms with Crippen molar-refractivity contribution in [2.75, 3.05) is 19.6 Å². The number of likely N-dealkylation sites (tertiary alicyclic amines) is 1. The first-order valence-corrected chi connectivity index (χ1v) is 6.85. The van der Waals surface area contributed by atoms with Crippen molar-refractivity contribution in [3.63, 3.8) is 0 Å². The minimum Gasteiger partial charge on any atom is -0.303 e. The van der Waals surface area contributed by atoms with E-state index in [0.717, 1.165) is 17.8 Å². The predicted octanol–water partition coefficient (Wildman–Crippen LogP) is 3.79. The maximum atomic E-state index is 2.67. The number of rotatable bonds is 5. The highest BCUT2D eigenvalue weighted by atomic mass is 15.1. The lowest BCUT2D eigenvalue weighted by Gasteiger charge is -2.34. The molecule has 1 atom stereocenters. The second-order valence-electron chi connectivity index (χ2n) is 5.73. The van der Waals surface area contributed by atoms with Crippen LogP contribution in [0.15, 0.2) is 0 Å². The van der Waals surface area contributed by atoms with Crippen molar-refractivity contribution in [3.8, 4) is 0 Å². The Bertz CT molecular complexity index is 157. The molecule has 1 aliphatic rings. The molecule has 0 spiro atoms. The molecule has 1 heteroatoms. The van der Waals surface area contributed by atoms with Crippen molar-refractivity contribution in [2.45, 2.75) is 53.4 Å². The molecule has 0 amide bonds. The monoisotopic (exact) mass is 211 g/mol. The van der Waals surface area contributed by atoms with Crippen LogP contribution >= 0.6 is 0 Å². The van der Waals surface area contributed by atoms with E-state index in [-0.39, 0.29) is 0 Å². The molecule has 0 N–H and O–H groups in total. The van der Waals surface area contributed by atoms with Crippen LogP contribution in [0.1, 0.15) is 53.4 Å². The zero-order chi connectivity index (χ0) is 11.3. The average Bonchev–Trinajstić information content (AvgIpc) is 2.26. The van der Waals surface area contributed by atoms with Gasteiger partial charge in [-0.1, -0.05) is 34.1 Å². The van der Waals surface area contributed by atoms with E-state index in [1.165, 1.54) is 45.3 Å². The summed E-state index contributed by atoms with van der Waals surface area (Å²) in [5, 5.41) is 0. The molecule has 0 aliphatic carbocycles. The second-order valence-corrected chi connectivity index (χ2v) is 5.73. The fraction of sp³-hybridized carbons (Fsp3) is 1.00. The number of hydrogen-bond donors (Lipinski definition) is 0. The predicted molar refractivity (Wildman–Crippen MR) is 68.1 cm³/mol. The lowest BCUT2D eigenvalue weighted by Crippen LogP contribution is -2.36. The van der Waals surface area contributed by atoms with Gasteiger partial charge in [-0.3, -0.25) is 0 Å². The molecule has 0 bridgehead atoms. The van der Waals surface area contributed by atoms with Gasteiger partial charge in [-0.25, -0.2) is 0 Å². The number of hydrogen-bond acceptors (Lipinski definition) is 1. The van der Waals surface area contributed by atoms with E-state index < -0.39 is 0 Å². The fourth-order valence-electron chi connectivity index (χ4n) is 2.45. The zero-order valence-electron chi connectivity index (χ0n) is 11.1. The number of nitrogens with zero attached hydrogens (tertiary/aromatic N) is 1. The van der Waals surface area contributed by atoms with Gasteiger partial charge in [-0.2, -0.15) is 0 Å². The second kappa shape index (κ2) is 6.52. The van der Waals surface area contributed by atoms with Gasteiger partial charge < -0.3 is 4.90 Å². The topological polar surface area (TPSA) is 3.24 Å². The molecule has 0 radical (unpaired) electrons. The summed E-state index contributed by atoms with van der Waals surface area (Å²) in [6.45, 7) is 13.5. The van der Waals surface area contributed by atoms with Crippen LogP contribution in [0, 0.1) is 17.8 Å². The van der Waals surface area contributed by atoms with Crippen molar-refractivity contribution in [1.82, 2.24) is 4.90 Å². The third-order valence-electron chi connectivity index (χ3n) is 4.21. The summed E-state index contributed by atoms with van der Waals surface area (Å²) in [6, 6.07) is 0. The normalized spacial score (nSPS) is 22.2. The summed E-state index contributed by atoms with van der Waals surface area (Å²) < 4.78 is 0. The Kier molecular flexibility index (Phi) is 5.66. The van der Waals surface area contributed by atoms with Crippen LogP contribution in [0.2, 0.25) is 0 Å². The fourth-order valence-corrected chi connectivity index (χ4v) is 2.45. The Labute approximate surface area is 96.2 Å². The summed E-state index contributed by atoms with van der Waals surface area (Å²) in [5.41, 5.74) is 0. The van der Waals surface area contributed by atoms with Gasteiger partial charge in [-0.05, 0) is 56.7 Å². The van der Waals surface area contributed by atoms with E-state index in [1.807, 2.05) is 0 Å². The van der Waals surface area contributed by atoms with E-state index in [0.29, 0.717) is 0 Å². The van der Waals surface area contributed by atoms with Crippen molar-refractivity contribution in [3.05, 3.63) is 0 Å². The molecule has 0 aromatic rings. The third kappa shape index (κ3) is 4.55. The van der Waals surface area contributed by atoms with Gasteiger partial charge in [0.05, 0.1) is 0 Å². The van der Waals surface area contributed by atoms with Gasteiger partial charge >= 0.3 is 0 Å². The van der Waals surface area contributed by atoms with E-state index in [2.05, 4.69) is 32.6 Å². The lowest BCUT2D eigenvalue weighted by atomic mass is 9.86. The Morgan fingerprint density at radius 1 is 1.13 bits per heavy atom. The molecule has 0 aromatic heterocycles. The van der Waals surface area contributed by atoms with Crippen LogP contribution in [0.3, 0.4) is 0 Å². The maximum Gasteiger partial charge on any atom is -0.00160 e. The summed E-state index contributed by atoms with van der Waals surface area (Å²) in [6.07, 6.45) is 5.58. The minimum absolute atomic E-state index is 0.890. The van der Waals surface area contributed by atoms with Crippen LogP contribution in [-0.2, 0) is 0 Å². The van der Waals surface area contributed by atoms with Crippen LogP contribution < -0.4 is 0 Å². The molecule has 1 heterocycles. The average molecular weight is 211 g/mol. The van der Waals surface area contributed by atoms with Crippen LogP contribution in [0.5, 0.6) is 0 Å². The third-order valence-corrected chi connectivity index (χ3v) is 4.21. The van der Waals surface area contributed by atoms with Gasteiger partial charge in [0.2, 0.25) is 0 Å². The van der Waals surface area contributed by atoms with E-state index in [1.54, 1.807) is 0 Å². The first kappa shape index (κ1) is 13.0. The molecule has 1 nitrogen and oxygen atoms in total. The molecule has 1 saturated heterocycles. The quantitative estimate of drug-likeness (QED) is 0.669. The SMILES string of the molecule is CCC(C)CCN1CCC(C(C)C)CC1. The molecular weight excluding hydrogens is 182 g/mol. The largest absolute Gasteiger partial charge is 0.303 e. The Hall–Kier alpha value is -0.0400. The van der Waals surface area contributed by atoms with Crippen molar-refractivity contribution in [1.29, 1.82) is 0 Å². The van der Waals surface area contributed by atoms with Crippen molar-refractivity contribution < 1.29 is 0 Å². The molecule has 1 fully saturated rings. The molecule has 1 unspecified atom stereocenters. The van der Waals surface area contributed by atoms with Gasteiger partial charge in [0.1, 0.15) is 0 Å². The van der Waals surface area contributed by atoms with Crippen LogP contribution in [0.4, 0.5) is 0 Å². The molecule has 0 aromatic carbocycles. The van der Waals surface area contributed by atoms with Crippen molar-refractivity contribution in [2.24, 2.45) is 17.8 Å². The summed E-state index contributed by atoms with van der Waals surface area (Å²) in [4.78, 5) is 2.67. The lowest BCUT2D eigenvalue weighted by molar-refractivity contribution is 0.151. The van der Waals surface area contributed by atoms with Crippen molar-refractivity contribution >= 4 is 0 Å². The molecule has 0 saturated carbocycles. The molecule has 1 rings (SSSR count). The first-order chi connectivity index (χ1) is 7.13. The molecule has 15 heavy (non-hydrogen) atoms. The van der Waals surface area contributed by atoms with Gasteiger partial charge in [0.25, 0.3) is 0 Å². The molecule has 1 aliphatic heterocycles. The van der Waals surface area contributed by atoms with Gasteiger partial charge in [-0.15, -0.1) is 0 Å². The zero-order valence-corrected chi connectivity index (χ0v) is 11.1.